The molecular weight excluding hydrogens is 246 g/mol. The summed E-state index contributed by atoms with van der Waals surface area (Å²) in [7, 11) is 0. The van der Waals surface area contributed by atoms with Crippen molar-refractivity contribution >= 4 is 0 Å². The Morgan fingerprint density at radius 3 is 2.58 bits per heavy atom. The molecule has 98 valence electrons. The molecule has 1 nitrogen and oxygen atoms in total. The molecule has 0 fully saturated rings. The minimum Gasteiger partial charge on any atom is -0.380 e. The molecule has 0 radical (unpaired) electrons. The smallest absolute Gasteiger partial charge is 0.132 e. The van der Waals surface area contributed by atoms with Crippen LogP contribution in [-0.2, 0) is 12.0 Å². The summed E-state index contributed by atoms with van der Waals surface area (Å²) in [6.45, 7) is 1.93. The number of benzene rings is 2. The molecule has 3 rings (SSSR count). The summed E-state index contributed by atoms with van der Waals surface area (Å²) in [5.41, 5.74) is 1.58. The molecule has 1 unspecified atom stereocenters. The lowest BCUT2D eigenvalue weighted by atomic mass is 9.87. The predicted octanol–water partition coefficient (Wildman–Crippen LogP) is 3.46. The zero-order valence-corrected chi connectivity index (χ0v) is 10.6. The summed E-state index contributed by atoms with van der Waals surface area (Å²) in [5.74, 6) is -1.33. The summed E-state index contributed by atoms with van der Waals surface area (Å²) >= 11 is 0. The Morgan fingerprint density at radius 2 is 1.84 bits per heavy atom. The lowest BCUT2D eigenvalue weighted by Crippen LogP contribution is -2.25. The second kappa shape index (κ2) is 4.14. The van der Waals surface area contributed by atoms with Crippen LogP contribution in [0.3, 0.4) is 0 Å². The minimum absolute atomic E-state index is 0.151. The first-order chi connectivity index (χ1) is 9.00. The summed E-state index contributed by atoms with van der Waals surface area (Å²) in [6, 6.07) is 9.16. The van der Waals surface area contributed by atoms with E-state index in [0.717, 1.165) is 22.8 Å². The molecule has 1 aliphatic rings. The average molecular weight is 260 g/mol. The highest BCUT2D eigenvalue weighted by molar-refractivity contribution is 5.47. The summed E-state index contributed by atoms with van der Waals surface area (Å²) in [6.07, 6.45) is 1.12. The van der Waals surface area contributed by atoms with Crippen LogP contribution in [0.4, 0.5) is 8.78 Å². The number of hydrogen-bond donors (Lipinski definition) is 1. The third kappa shape index (κ3) is 1.85. The molecule has 2 aromatic rings. The van der Waals surface area contributed by atoms with Crippen LogP contribution >= 0.6 is 0 Å². The van der Waals surface area contributed by atoms with Gasteiger partial charge in [0.05, 0.1) is 0 Å². The van der Waals surface area contributed by atoms with Crippen LogP contribution in [0.25, 0.3) is 0 Å². The lowest BCUT2D eigenvalue weighted by Gasteiger charge is -2.25. The van der Waals surface area contributed by atoms with Gasteiger partial charge >= 0.3 is 0 Å². The highest BCUT2D eigenvalue weighted by atomic mass is 19.1. The van der Waals surface area contributed by atoms with Crippen molar-refractivity contribution in [3.8, 4) is 0 Å². The zero-order chi connectivity index (χ0) is 13.6. The topological polar surface area (TPSA) is 20.2 Å². The average Bonchev–Trinajstić information content (AvgIpc) is 2.68. The molecule has 0 amide bonds. The van der Waals surface area contributed by atoms with Gasteiger partial charge in [0, 0.05) is 11.6 Å². The van der Waals surface area contributed by atoms with E-state index in [2.05, 4.69) is 0 Å². The molecule has 1 N–H and O–H groups in total. The van der Waals surface area contributed by atoms with Crippen molar-refractivity contribution in [3.63, 3.8) is 0 Å². The third-order valence-corrected chi connectivity index (χ3v) is 3.84. The van der Waals surface area contributed by atoms with Crippen LogP contribution in [0, 0.1) is 18.6 Å². The molecule has 19 heavy (non-hydrogen) atoms. The van der Waals surface area contributed by atoms with Gasteiger partial charge in [0.25, 0.3) is 0 Å². The van der Waals surface area contributed by atoms with Gasteiger partial charge in [-0.05, 0) is 43.0 Å². The number of rotatable bonds is 1. The Balaban J connectivity index is 2.18. The van der Waals surface area contributed by atoms with Crippen LogP contribution in [0.2, 0.25) is 0 Å². The van der Waals surface area contributed by atoms with E-state index in [4.69, 9.17) is 0 Å². The SMILES string of the molecule is Cc1ccc2c(c1)C(O)(c1ccc(F)cc1F)CC2. The molecule has 0 aliphatic heterocycles. The van der Waals surface area contributed by atoms with E-state index in [0.29, 0.717) is 12.8 Å². The number of aryl methyl sites for hydroxylation is 2. The quantitative estimate of drug-likeness (QED) is 0.832. The molecular formula is C16H14F2O. The van der Waals surface area contributed by atoms with Crippen molar-refractivity contribution in [3.05, 3.63) is 70.3 Å². The van der Waals surface area contributed by atoms with E-state index in [9.17, 15) is 13.9 Å². The van der Waals surface area contributed by atoms with E-state index in [-0.39, 0.29) is 5.56 Å². The van der Waals surface area contributed by atoms with Gasteiger partial charge in [-0.2, -0.15) is 0 Å². The first-order valence-electron chi connectivity index (χ1n) is 6.28. The van der Waals surface area contributed by atoms with Crippen molar-refractivity contribution < 1.29 is 13.9 Å². The van der Waals surface area contributed by atoms with Gasteiger partial charge in [0.15, 0.2) is 0 Å². The molecule has 0 heterocycles. The molecule has 0 spiro atoms. The summed E-state index contributed by atoms with van der Waals surface area (Å²) < 4.78 is 26.9. The number of halogens is 2. The van der Waals surface area contributed by atoms with Crippen LogP contribution in [0.5, 0.6) is 0 Å². The second-order valence-corrected chi connectivity index (χ2v) is 5.15. The first-order valence-corrected chi connectivity index (χ1v) is 6.28. The van der Waals surface area contributed by atoms with Gasteiger partial charge in [0.2, 0.25) is 0 Å². The molecule has 1 aliphatic carbocycles. The van der Waals surface area contributed by atoms with Gasteiger partial charge in [0.1, 0.15) is 17.2 Å². The monoisotopic (exact) mass is 260 g/mol. The molecule has 3 heteroatoms. The maximum absolute atomic E-state index is 13.9. The number of fused-ring (bicyclic) bond motifs is 1. The van der Waals surface area contributed by atoms with Crippen molar-refractivity contribution in [1.82, 2.24) is 0 Å². The van der Waals surface area contributed by atoms with Gasteiger partial charge in [-0.1, -0.05) is 23.8 Å². The molecule has 0 saturated carbocycles. The molecule has 0 saturated heterocycles. The fourth-order valence-electron chi connectivity index (χ4n) is 2.85. The lowest BCUT2D eigenvalue weighted by molar-refractivity contribution is 0.0787. The van der Waals surface area contributed by atoms with Crippen molar-refractivity contribution in [2.75, 3.05) is 0 Å². The number of hydrogen-bond acceptors (Lipinski definition) is 1. The van der Waals surface area contributed by atoms with Crippen LogP contribution < -0.4 is 0 Å². The van der Waals surface area contributed by atoms with Gasteiger partial charge in [-0.15, -0.1) is 0 Å². The van der Waals surface area contributed by atoms with Crippen LogP contribution in [0.1, 0.15) is 28.7 Å². The van der Waals surface area contributed by atoms with E-state index in [1.54, 1.807) is 0 Å². The normalized spacial score (nSPS) is 21.5. The largest absolute Gasteiger partial charge is 0.380 e. The minimum atomic E-state index is -1.35. The Kier molecular flexibility index (Phi) is 2.68. The maximum Gasteiger partial charge on any atom is 0.132 e. The summed E-state index contributed by atoms with van der Waals surface area (Å²) in [4.78, 5) is 0. The van der Waals surface area contributed by atoms with Crippen molar-refractivity contribution in [2.24, 2.45) is 0 Å². The summed E-state index contributed by atoms with van der Waals surface area (Å²) in [5, 5.41) is 10.8. The third-order valence-electron chi connectivity index (χ3n) is 3.84. The Hall–Kier alpha value is -1.74. The molecule has 1 atom stereocenters. The maximum atomic E-state index is 13.9. The highest BCUT2D eigenvalue weighted by Crippen LogP contribution is 2.43. The first kappa shape index (κ1) is 12.3. The van der Waals surface area contributed by atoms with Gasteiger partial charge < -0.3 is 5.11 Å². The van der Waals surface area contributed by atoms with E-state index < -0.39 is 17.2 Å². The van der Waals surface area contributed by atoms with E-state index >= 15 is 0 Å². The standard InChI is InChI=1S/C16H14F2O/c1-10-2-3-11-6-7-16(19,14(11)8-10)13-5-4-12(17)9-15(13)18/h2-5,8-9,19H,6-7H2,1H3. The fourth-order valence-corrected chi connectivity index (χ4v) is 2.85. The Labute approximate surface area is 110 Å². The Morgan fingerprint density at radius 1 is 1.05 bits per heavy atom. The van der Waals surface area contributed by atoms with Crippen LogP contribution in [-0.4, -0.2) is 5.11 Å². The van der Waals surface area contributed by atoms with Crippen molar-refractivity contribution in [1.29, 1.82) is 0 Å². The van der Waals surface area contributed by atoms with Crippen molar-refractivity contribution in [2.45, 2.75) is 25.4 Å². The second-order valence-electron chi connectivity index (χ2n) is 5.15. The highest BCUT2D eigenvalue weighted by Gasteiger charge is 2.40. The van der Waals surface area contributed by atoms with Crippen LogP contribution in [0.15, 0.2) is 36.4 Å². The number of aliphatic hydroxyl groups is 1. The molecule has 2 aromatic carbocycles. The van der Waals surface area contributed by atoms with Gasteiger partial charge in [-0.25, -0.2) is 8.78 Å². The van der Waals surface area contributed by atoms with E-state index in [1.165, 1.54) is 12.1 Å². The van der Waals surface area contributed by atoms with E-state index in [1.807, 2.05) is 25.1 Å². The molecule has 0 bridgehead atoms. The zero-order valence-electron chi connectivity index (χ0n) is 10.6. The predicted molar refractivity (Wildman–Crippen MR) is 68.9 cm³/mol. The molecule has 0 aromatic heterocycles. The van der Waals surface area contributed by atoms with Gasteiger partial charge in [-0.3, -0.25) is 0 Å². The Bertz CT molecular complexity index is 651. The fraction of sp³-hybridized carbons (Fsp3) is 0.250.